The lowest BCUT2D eigenvalue weighted by Crippen LogP contribution is -2.31. The molecule has 0 spiro atoms. The van der Waals surface area contributed by atoms with E-state index in [9.17, 15) is 0 Å². The minimum atomic E-state index is -0.244. The Kier molecular flexibility index (Phi) is 5.40. The Morgan fingerprint density at radius 2 is 2.20 bits per heavy atom. The number of hydrogen-bond acceptors (Lipinski definition) is 3. The fourth-order valence-electron chi connectivity index (χ4n) is 1.87. The number of pyridine rings is 1. The molecule has 1 aromatic carbocycles. The van der Waals surface area contributed by atoms with Gasteiger partial charge in [-0.05, 0) is 46.6 Å². The molecule has 2 atom stereocenters. The van der Waals surface area contributed by atoms with Crippen LogP contribution >= 0.6 is 27.5 Å². The van der Waals surface area contributed by atoms with Crippen LogP contribution in [-0.2, 0) is 0 Å². The standard InChI is InChI=1S/C15H16BrClN2O/c1-2-13(18)15(10-4-3-7-19-9-10)20-14-6-5-11(17)8-12(14)16/h3-9,13,15H,2,18H2,1H3. The first kappa shape index (κ1) is 15.3. The second-order valence-corrected chi connectivity index (χ2v) is 5.76. The summed E-state index contributed by atoms with van der Waals surface area (Å²) in [5.74, 6) is 0.715. The van der Waals surface area contributed by atoms with Crippen LogP contribution in [0.3, 0.4) is 0 Å². The van der Waals surface area contributed by atoms with Gasteiger partial charge in [0.15, 0.2) is 0 Å². The minimum Gasteiger partial charge on any atom is -0.483 e. The predicted molar refractivity (Wildman–Crippen MR) is 85.0 cm³/mol. The van der Waals surface area contributed by atoms with Gasteiger partial charge < -0.3 is 10.5 Å². The third-order valence-corrected chi connectivity index (χ3v) is 3.88. The molecular weight excluding hydrogens is 340 g/mol. The molecule has 5 heteroatoms. The van der Waals surface area contributed by atoms with Crippen LogP contribution < -0.4 is 10.5 Å². The lowest BCUT2D eigenvalue weighted by atomic mass is 10.0. The highest BCUT2D eigenvalue weighted by Crippen LogP contribution is 2.32. The summed E-state index contributed by atoms with van der Waals surface area (Å²) in [4.78, 5) is 4.13. The van der Waals surface area contributed by atoms with Crippen molar-refractivity contribution in [2.24, 2.45) is 5.73 Å². The Balaban J connectivity index is 2.29. The second kappa shape index (κ2) is 7.07. The Hall–Kier alpha value is -1.10. The third-order valence-electron chi connectivity index (χ3n) is 3.02. The van der Waals surface area contributed by atoms with Crippen molar-refractivity contribution in [1.82, 2.24) is 4.98 Å². The van der Waals surface area contributed by atoms with Crippen LogP contribution in [0.4, 0.5) is 0 Å². The van der Waals surface area contributed by atoms with E-state index in [-0.39, 0.29) is 12.1 Å². The first-order valence-electron chi connectivity index (χ1n) is 6.39. The molecule has 0 aliphatic rings. The number of aromatic nitrogens is 1. The van der Waals surface area contributed by atoms with Gasteiger partial charge in [-0.2, -0.15) is 0 Å². The zero-order valence-electron chi connectivity index (χ0n) is 11.1. The second-order valence-electron chi connectivity index (χ2n) is 4.47. The van der Waals surface area contributed by atoms with Crippen molar-refractivity contribution in [3.05, 3.63) is 57.8 Å². The molecule has 0 bridgehead atoms. The summed E-state index contributed by atoms with van der Waals surface area (Å²) in [6.45, 7) is 2.04. The Bertz CT molecular complexity index is 565. The lowest BCUT2D eigenvalue weighted by Gasteiger charge is -2.25. The van der Waals surface area contributed by atoms with Crippen LogP contribution in [0, 0.1) is 0 Å². The zero-order valence-corrected chi connectivity index (χ0v) is 13.4. The van der Waals surface area contributed by atoms with Crippen molar-refractivity contribution in [2.45, 2.75) is 25.5 Å². The van der Waals surface area contributed by atoms with E-state index in [4.69, 9.17) is 22.1 Å². The van der Waals surface area contributed by atoms with Gasteiger partial charge in [0.1, 0.15) is 11.9 Å². The quantitative estimate of drug-likeness (QED) is 0.867. The smallest absolute Gasteiger partial charge is 0.140 e. The van der Waals surface area contributed by atoms with Crippen LogP contribution in [0.25, 0.3) is 0 Å². The third kappa shape index (κ3) is 3.72. The van der Waals surface area contributed by atoms with Crippen molar-refractivity contribution < 1.29 is 4.74 Å². The molecule has 0 fully saturated rings. The monoisotopic (exact) mass is 354 g/mol. The zero-order chi connectivity index (χ0) is 14.5. The summed E-state index contributed by atoms with van der Waals surface area (Å²) in [6.07, 6.45) is 4.08. The molecule has 2 rings (SSSR count). The molecule has 0 amide bonds. The molecule has 2 N–H and O–H groups in total. The summed E-state index contributed by atoms with van der Waals surface area (Å²) in [5, 5.41) is 0.655. The molecule has 2 aromatic rings. The van der Waals surface area contributed by atoms with Crippen molar-refractivity contribution in [3.63, 3.8) is 0 Å². The van der Waals surface area contributed by atoms with Crippen LogP contribution in [-0.4, -0.2) is 11.0 Å². The van der Waals surface area contributed by atoms with E-state index in [1.54, 1.807) is 24.5 Å². The molecule has 2 unspecified atom stereocenters. The fourth-order valence-corrected chi connectivity index (χ4v) is 2.64. The molecule has 1 aromatic heterocycles. The maximum Gasteiger partial charge on any atom is 0.140 e. The maximum atomic E-state index is 6.18. The van der Waals surface area contributed by atoms with E-state index in [0.717, 1.165) is 16.5 Å². The average molecular weight is 356 g/mol. The molecule has 1 heterocycles. The van der Waals surface area contributed by atoms with Gasteiger partial charge in [-0.25, -0.2) is 0 Å². The van der Waals surface area contributed by atoms with Crippen molar-refractivity contribution >= 4 is 27.5 Å². The van der Waals surface area contributed by atoms with Crippen molar-refractivity contribution in [2.75, 3.05) is 0 Å². The lowest BCUT2D eigenvalue weighted by molar-refractivity contribution is 0.169. The molecule has 20 heavy (non-hydrogen) atoms. The number of halogens is 2. The van der Waals surface area contributed by atoms with E-state index >= 15 is 0 Å². The first-order chi connectivity index (χ1) is 9.61. The molecule has 0 aliphatic heterocycles. The van der Waals surface area contributed by atoms with Crippen LogP contribution in [0.15, 0.2) is 47.2 Å². The topological polar surface area (TPSA) is 48.1 Å². The van der Waals surface area contributed by atoms with E-state index in [2.05, 4.69) is 20.9 Å². The van der Waals surface area contributed by atoms with Gasteiger partial charge >= 0.3 is 0 Å². The van der Waals surface area contributed by atoms with Crippen molar-refractivity contribution in [3.8, 4) is 5.75 Å². The summed E-state index contributed by atoms with van der Waals surface area (Å²) in [6, 6.07) is 9.16. The van der Waals surface area contributed by atoms with Gasteiger partial charge in [0.25, 0.3) is 0 Å². The largest absolute Gasteiger partial charge is 0.483 e. The summed E-state index contributed by atoms with van der Waals surface area (Å²) < 4.78 is 6.88. The number of nitrogens with two attached hydrogens (primary N) is 1. The number of hydrogen-bond donors (Lipinski definition) is 1. The SMILES string of the molecule is CCC(N)C(Oc1ccc(Cl)cc1Br)c1cccnc1. The molecule has 0 radical (unpaired) electrons. The number of ether oxygens (including phenoxy) is 1. The average Bonchev–Trinajstić information content (AvgIpc) is 2.46. The molecule has 0 saturated heterocycles. The van der Waals surface area contributed by atoms with E-state index in [1.165, 1.54) is 0 Å². The summed E-state index contributed by atoms with van der Waals surface area (Å²) >= 11 is 9.39. The normalized spacial score (nSPS) is 13.8. The number of rotatable bonds is 5. The van der Waals surface area contributed by atoms with Gasteiger partial charge in [-0.1, -0.05) is 24.6 Å². The van der Waals surface area contributed by atoms with Crippen LogP contribution in [0.1, 0.15) is 25.0 Å². The highest BCUT2D eigenvalue weighted by Gasteiger charge is 2.21. The molecule has 106 valence electrons. The van der Waals surface area contributed by atoms with Gasteiger partial charge in [0.05, 0.1) is 4.47 Å². The number of benzene rings is 1. The number of nitrogens with zero attached hydrogens (tertiary/aromatic N) is 1. The van der Waals surface area contributed by atoms with Gasteiger partial charge in [0, 0.05) is 29.0 Å². The minimum absolute atomic E-state index is 0.109. The molecule has 0 saturated carbocycles. The molecule has 0 aliphatic carbocycles. The van der Waals surface area contributed by atoms with Gasteiger partial charge in [-0.3, -0.25) is 4.98 Å². The van der Waals surface area contributed by atoms with Crippen LogP contribution in [0.5, 0.6) is 5.75 Å². The predicted octanol–water partition coefficient (Wildman–Crippen LogP) is 4.35. The fraction of sp³-hybridized carbons (Fsp3) is 0.267. The van der Waals surface area contributed by atoms with Gasteiger partial charge in [-0.15, -0.1) is 0 Å². The Morgan fingerprint density at radius 1 is 1.40 bits per heavy atom. The highest BCUT2D eigenvalue weighted by atomic mass is 79.9. The maximum absolute atomic E-state index is 6.18. The molecular formula is C15H16BrClN2O. The van der Waals surface area contributed by atoms with Crippen LogP contribution in [0.2, 0.25) is 5.02 Å². The Morgan fingerprint density at radius 3 is 2.80 bits per heavy atom. The van der Waals surface area contributed by atoms with E-state index < -0.39 is 0 Å². The van der Waals surface area contributed by atoms with Gasteiger partial charge in [0.2, 0.25) is 0 Å². The summed E-state index contributed by atoms with van der Waals surface area (Å²) in [7, 11) is 0. The highest BCUT2D eigenvalue weighted by molar-refractivity contribution is 9.10. The summed E-state index contributed by atoms with van der Waals surface area (Å²) in [5.41, 5.74) is 7.14. The van der Waals surface area contributed by atoms with E-state index in [1.807, 2.05) is 25.1 Å². The van der Waals surface area contributed by atoms with E-state index in [0.29, 0.717) is 10.8 Å². The Labute approximate surface area is 132 Å². The molecule has 3 nitrogen and oxygen atoms in total. The first-order valence-corrected chi connectivity index (χ1v) is 7.56. The van der Waals surface area contributed by atoms with Crippen molar-refractivity contribution in [1.29, 1.82) is 0 Å².